The molecule has 2 atom stereocenters. The molecule has 0 saturated heterocycles. The van der Waals surface area contributed by atoms with Gasteiger partial charge in [-0.05, 0) is 18.6 Å². The Morgan fingerprint density at radius 3 is 2.05 bits per heavy atom. The summed E-state index contributed by atoms with van der Waals surface area (Å²) >= 11 is 6.47. The van der Waals surface area contributed by atoms with Crippen LogP contribution in [-0.4, -0.2) is 24.5 Å². The molecule has 0 aliphatic heterocycles. The first-order valence-electron chi connectivity index (χ1n) is 5.76. The highest BCUT2D eigenvalue weighted by Crippen LogP contribution is 2.41. The van der Waals surface area contributed by atoms with Gasteiger partial charge in [-0.1, -0.05) is 18.5 Å². The van der Waals surface area contributed by atoms with Gasteiger partial charge in [0.25, 0.3) is 0 Å². The van der Waals surface area contributed by atoms with Gasteiger partial charge < -0.3 is 10.5 Å². The molecule has 2 N–H and O–H groups in total. The zero-order valence-corrected chi connectivity index (χ0v) is 12.2. The zero-order chi connectivity index (χ0) is 16.4. The van der Waals surface area contributed by atoms with E-state index in [1.165, 1.54) is 19.1 Å². The smallest absolute Gasteiger partial charge is 0.350 e. The first-order chi connectivity index (χ1) is 9.46. The largest absolute Gasteiger partial charge is 0.423 e. The van der Waals surface area contributed by atoms with Crippen molar-refractivity contribution in [2.24, 2.45) is 5.73 Å². The van der Waals surface area contributed by atoms with Crippen molar-refractivity contribution in [3.63, 3.8) is 0 Å². The van der Waals surface area contributed by atoms with Gasteiger partial charge >= 0.3 is 12.4 Å². The Hall–Kier alpha value is -0.510. The van der Waals surface area contributed by atoms with Crippen LogP contribution in [0, 0.1) is 0 Å². The van der Waals surface area contributed by atoms with Crippen molar-refractivity contribution in [2.45, 2.75) is 43.9 Å². The van der Waals surface area contributed by atoms with E-state index in [0.29, 0.717) is 0 Å². The lowest BCUT2D eigenvalue weighted by Crippen LogP contribution is -2.47. The Labute approximate surface area is 125 Å². The molecule has 0 aliphatic rings. The van der Waals surface area contributed by atoms with E-state index >= 15 is 0 Å². The Bertz CT molecular complexity index is 446. The molecule has 0 aromatic carbocycles. The summed E-state index contributed by atoms with van der Waals surface area (Å²) in [5, 5.41) is 0. The molecular weight excluding hydrogens is 344 g/mol. The molecule has 0 spiro atoms. The topological polar surface area (TPSA) is 35.2 Å². The van der Waals surface area contributed by atoms with Crippen molar-refractivity contribution >= 4 is 22.9 Å². The van der Waals surface area contributed by atoms with E-state index in [2.05, 4.69) is 4.74 Å². The highest BCUT2D eigenvalue weighted by Gasteiger charge is 2.59. The Kier molecular flexibility index (Phi) is 5.93. The highest BCUT2D eigenvalue weighted by atomic mass is 35.5. The van der Waals surface area contributed by atoms with E-state index in [1.807, 2.05) is 0 Å². The molecule has 0 fully saturated rings. The van der Waals surface area contributed by atoms with Crippen LogP contribution in [0.2, 0.25) is 4.34 Å². The van der Waals surface area contributed by atoms with Gasteiger partial charge in [0.05, 0.1) is 4.34 Å². The minimum atomic E-state index is -5.58. The van der Waals surface area contributed by atoms with Crippen LogP contribution in [-0.2, 0) is 4.74 Å². The molecule has 122 valence electrons. The third kappa shape index (κ3) is 5.01. The highest BCUT2D eigenvalue weighted by molar-refractivity contribution is 7.16. The fraction of sp³-hybridized carbons (Fsp3) is 0.636. The van der Waals surface area contributed by atoms with Gasteiger partial charge in [-0.3, -0.25) is 0 Å². The number of halogens is 7. The minimum Gasteiger partial charge on any atom is -0.350 e. The third-order valence-electron chi connectivity index (χ3n) is 2.61. The van der Waals surface area contributed by atoms with Crippen LogP contribution in [0.1, 0.15) is 24.3 Å². The molecule has 1 aromatic rings. The van der Waals surface area contributed by atoms with E-state index < -0.39 is 30.6 Å². The summed E-state index contributed by atoms with van der Waals surface area (Å²) < 4.78 is 79.9. The summed E-state index contributed by atoms with van der Waals surface area (Å²) in [7, 11) is 0. The van der Waals surface area contributed by atoms with Crippen LogP contribution in [0.3, 0.4) is 0 Å². The van der Waals surface area contributed by atoms with Crippen LogP contribution in [0.5, 0.6) is 0 Å². The lowest BCUT2D eigenvalue weighted by atomic mass is 10.1. The van der Waals surface area contributed by atoms with E-state index in [1.54, 1.807) is 0 Å². The fourth-order valence-corrected chi connectivity index (χ4v) is 2.73. The van der Waals surface area contributed by atoms with Crippen LogP contribution in [0.15, 0.2) is 12.1 Å². The van der Waals surface area contributed by atoms with Crippen molar-refractivity contribution in [3.8, 4) is 0 Å². The summed E-state index contributed by atoms with van der Waals surface area (Å²) in [6.45, 7) is 1.53. The molecule has 10 heteroatoms. The summed E-state index contributed by atoms with van der Waals surface area (Å²) in [5.41, 5.74) is 5.60. The van der Waals surface area contributed by atoms with E-state index in [9.17, 15) is 26.3 Å². The summed E-state index contributed by atoms with van der Waals surface area (Å²) in [6, 6.07) is 1.64. The molecular formula is C11H12ClF6NOS. The molecule has 0 saturated carbocycles. The quantitative estimate of drug-likeness (QED) is 0.778. The number of nitrogens with two attached hydrogens (primary N) is 1. The van der Waals surface area contributed by atoms with E-state index in [-0.39, 0.29) is 15.6 Å². The molecule has 0 amide bonds. The predicted molar refractivity (Wildman–Crippen MR) is 67.3 cm³/mol. The summed E-state index contributed by atoms with van der Waals surface area (Å²) in [4.78, 5) is 0.118. The molecule has 2 nitrogen and oxygen atoms in total. The monoisotopic (exact) mass is 355 g/mol. The second-order valence-electron chi connectivity index (χ2n) is 4.23. The van der Waals surface area contributed by atoms with Crippen LogP contribution < -0.4 is 5.73 Å². The van der Waals surface area contributed by atoms with Crippen molar-refractivity contribution in [1.82, 2.24) is 0 Å². The molecule has 0 bridgehead atoms. The third-order valence-corrected chi connectivity index (χ3v) is 3.90. The van der Waals surface area contributed by atoms with Crippen molar-refractivity contribution in [2.75, 3.05) is 0 Å². The van der Waals surface area contributed by atoms with Gasteiger partial charge in [0.2, 0.25) is 6.10 Å². The molecule has 2 unspecified atom stereocenters. The zero-order valence-electron chi connectivity index (χ0n) is 10.6. The molecule has 0 aliphatic carbocycles. The maximum Gasteiger partial charge on any atom is 0.423 e. The van der Waals surface area contributed by atoms with Crippen molar-refractivity contribution in [3.05, 3.63) is 21.3 Å². The van der Waals surface area contributed by atoms with Crippen LogP contribution in [0.4, 0.5) is 26.3 Å². The second kappa shape index (κ2) is 6.72. The number of alkyl halides is 6. The molecule has 1 rings (SSSR count). The van der Waals surface area contributed by atoms with Crippen molar-refractivity contribution in [1.29, 1.82) is 0 Å². The normalized spacial score (nSPS) is 16.3. The Balaban J connectivity index is 3.10. The van der Waals surface area contributed by atoms with Crippen LogP contribution in [0.25, 0.3) is 0 Å². The van der Waals surface area contributed by atoms with Gasteiger partial charge in [-0.25, -0.2) is 0 Å². The van der Waals surface area contributed by atoms with Gasteiger partial charge in [0.15, 0.2) is 0 Å². The first kappa shape index (κ1) is 18.5. The fourth-order valence-electron chi connectivity index (χ4n) is 1.56. The maximum absolute atomic E-state index is 12.6. The lowest BCUT2D eigenvalue weighted by Gasteiger charge is -2.30. The molecule has 0 radical (unpaired) electrons. The predicted octanol–water partition coefficient (Wildman–Crippen LogP) is 4.69. The number of ether oxygens (including phenoxy) is 1. The van der Waals surface area contributed by atoms with Gasteiger partial charge in [-0.2, -0.15) is 26.3 Å². The molecule has 1 aromatic heterocycles. The van der Waals surface area contributed by atoms with Gasteiger partial charge in [0.1, 0.15) is 6.10 Å². The lowest BCUT2D eigenvalue weighted by molar-refractivity contribution is -0.333. The van der Waals surface area contributed by atoms with Gasteiger partial charge in [-0.15, -0.1) is 11.3 Å². The van der Waals surface area contributed by atoms with Gasteiger partial charge in [0, 0.05) is 10.9 Å². The minimum absolute atomic E-state index is 0.118. The Morgan fingerprint density at radius 1 is 1.19 bits per heavy atom. The SMILES string of the molecule is CCC(N)C(OC(C(F)(F)F)C(F)(F)F)c1ccc(Cl)s1. The molecule has 21 heavy (non-hydrogen) atoms. The number of thiophene rings is 1. The Morgan fingerprint density at radius 2 is 1.71 bits per heavy atom. The average molecular weight is 356 g/mol. The van der Waals surface area contributed by atoms with E-state index in [0.717, 1.165) is 11.3 Å². The average Bonchev–Trinajstić information content (AvgIpc) is 2.72. The van der Waals surface area contributed by atoms with E-state index in [4.69, 9.17) is 17.3 Å². The summed E-state index contributed by atoms with van der Waals surface area (Å²) in [5.74, 6) is 0. The van der Waals surface area contributed by atoms with Crippen LogP contribution >= 0.6 is 22.9 Å². The second-order valence-corrected chi connectivity index (χ2v) is 5.98. The maximum atomic E-state index is 12.6. The summed E-state index contributed by atoms with van der Waals surface area (Å²) in [6.07, 6.45) is -16.5. The number of hydrogen-bond donors (Lipinski definition) is 1. The molecule has 1 heterocycles. The van der Waals surface area contributed by atoms with Crippen molar-refractivity contribution < 1.29 is 31.1 Å². The number of hydrogen-bond acceptors (Lipinski definition) is 3. The number of rotatable bonds is 5. The standard InChI is InChI=1S/C11H12ClF6NOS/c1-2-5(19)8(6-3-4-7(12)21-6)20-9(10(13,14)15)11(16,17)18/h3-5,8-9H,2,19H2,1H3. The first-order valence-corrected chi connectivity index (χ1v) is 6.96.